The number of hydrogen-bond acceptors (Lipinski definition) is 6. The molecular formula is C20H25Cl2N5O4S. The van der Waals surface area contributed by atoms with E-state index in [9.17, 15) is 18.0 Å². The summed E-state index contributed by atoms with van der Waals surface area (Å²) in [5.74, 6) is -0.551. The zero-order valence-corrected chi connectivity index (χ0v) is 20.4. The van der Waals surface area contributed by atoms with Crippen LogP contribution in [-0.2, 0) is 21.4 Å². The summed E-state index contributed by atoms with van der Waals surface area (Å²) in [5.41, 5.74) is 0.689. The number of aryl methyl sites for hydroxylation is 1. The van der Waals surface area contributed by atoms with Crippen LogP contribution in [0, 0.1) is 13.8 Å². The quantitative estimate of drug-likeness (QED) is 0.672. The Morgan fingerprint density at radius 1 is 1.16 bits per heavy atom. The van der Waals surface area contributed by atoms with Crippen LogP contribution in [0.3, 0.4) is 0 Å². The maximum atomic E-state index is 13.4. The molecule has 0 unspecified atom stereocenters. The third-order valence-electron chi connectivity index (χ3n) is 5.39. The lowest BCUT2D eigenvalue weighted by molar-refractivity contribution is -0.117. The highest BCUT2D eigenvalue weighted by Crippen LogP contribution is 2.30. The first-order chi connectivity index (χ1) is 15.0. The molecule has 1 aromatic heterocycles. The Bertz CT molecular complexity index is 1200. The van der Waals surface area contributed by atoms with Gasteiger partial charge in [-0.2, -0.15) is 9.40 Å². The molecule has 1 amide bonds. The van der Waals surface area contributed by atoms with Crippen molar-refractivity contribution in [3.8, 4) is 0 Å². The maximum absolute atomic E-state index is 13.4. The first-order valence-electron chi connectivity index (χ1n) is 10.0. The van der Waals surface area contributed by atoms with E-state index in [-0.39, 0.29) is 14.9 Å². The van der Waals surface area contributed by atoms with E-state index in [0.29, 0.717) is 36.4 Å². The van der Waals surface area contributed by atoms with E-state index in [2.05, 4.69) is 15.3 Å². The molecule has 174 valence electrons. The predicted octanol–water partition coefficient (Wildman–Crippen LogP) is 2.13. The lowest BCUT2D eigenvalue weighted by atomic mass is 10.1. The number of anilines is 1. The van der Waals surface area contributed by atoms with Crippen molar-refractivity contribution in [3.63, 3.8) is 0 Å². The van der Waals surface area contributed by atoms with Crippen molar-refractivity contribution in [1.29, 1.82) is 0 Å². The first kappa shape index (κ1) is 24.7. The van der Waals surface area contributed by atoms with Gasteiger partial charge in [-0.1, -0.05) is 29.3 Å². The number of sulfonamides is 1. The van der Waals surface area contributed by atoms with E-state index in [1.165, 1.54) is 10.5 Å². The number of likely N-dealkylation sites (N-methyl/N-ethyl adjacent to an activating group) is 1. The molecule has 12 heteroatoms. The van der Waals surface area contributed by atoms with Gasteiger partial charge in [0.2, 0.25) is 15.9 Å². The second-order valence-corrected chi connectivity index (χ2v) is 10.4. The van der Waals surface area contributed by atoms with Gasteiger partial charge in [-0.3, -0.25) is 9.59 Å². The van der Waals surface area contributed by atoms with E-state index in [4.69, 9.17) is 23.2 Å². The number of nitrogens with zero attached hydrogens (tertiary/aromatic N) is 4. The van der Waals surface area contributed by atoms with E-state index in [0.717, 1.165) is 17.6 Å². The molecule has 0 saturated carbocycles. The van der Waals surface area contributed by atoms with Crippen molar-refractivity contribution in [3.05, 3.63) is 49.9 Å². The van der Waals surface area contributed by atoms with E-state index >= 15 is 0 Å². The molecule has 1 N–H and O–H groups in total. The minimum Gasteiger partial charge on any atom is -0.324 e. The lowest BCUT2D eigenvalue weighted by Gasteiger charge is -2.23. The Hall–Kier alpha value is -1.98. The van der Waals surface area contributed by atoms with Gasteiger partial charge in [-0.25, -0.2) is 13.1 Å². The Morgan fingerprint density at radius 2 is 1.88 bits per heavy atom. The molecule has 1 aromatic carbocycles. The third kappa shape index (κ3) is 5.15. The van der Waals surface area contributed by atoms with E-state index in [1.54, 1.807) is 26.0 Å². The molecule has 1 saturated heterocycles. The standard InChI is InChI=1S/C20H25Cl2N5O4S/c1-13-5-6-16(24-17(28)12-27-20(29)18(22)15(21)11-23-27)14(2)19(13)32(30,31)26-8-4-7-25(3)9-10-26/h5-6,11H,4,7-10,12H2,1-3H3,(H,24,28). The van der Waals surface area contributed by atoms with Gasteiger partial charge in [0.15, 0.2) is 0 Å². The minimum absolute atomic E-state index is 0.00254. The molecule has 3 rings (SSSR count). The summed E-state index contributed by atoms with van der Waals surface area (Å²) < 4.78 is 29.3. The highest BCUT2D eigenvalue weighted by molar-refractivity contribution is 7.89. The average molecular weight is 502 g/mol. The normalized spacial score (nSPS) is 16.0. The van der Waals surface area contributed by atoms with Crippen molar-refractivity contribution in [2.75, 3.05) is 38.5 Å². The predicted molar refractivity (Wildman–Crippen MR) is 124 cm³/mol. The second kappa shape index (κ2) is 9.88. The molecule has 1 aliphatic rings. The van der Waals surface area contributed by atoms with Crippen LogP contribution in [-0.4, -0.2) is 66.5 Å². The fourth-order valence-corrected chi connectivity index (χ4v) is 5.83. The van der Waals surface area contributed by atoms with Crippen molar-refractivity contribution in [2.45, 2.75) is 31.7 Å². The number of carbonyl (C=O) groups is 1. The second-order valence-electron chi connectivity index (χ2n) is 7.76. The molecule has 0 spiro atoms. The summed E-state index contributed by atoms with van der Waals surface area (Å²) in [6.07, 6.45) is 1.93. The zero-order chi connectivity index (χ0) is 23.6. The highest BCUT2D eigenvalue weighted by Gasteiger charge is 2.30. The fraction of sp³-hybridized carbons (Fsp3) is 0.450. The van der Waals surface area contributed by atoms with Gasteiger partial charge in [0.1, 0.15) is 11.6 Å². The number of carbonyl (C=O) groups excluding carboxylic acids is 1. The van der Waals surface area contributed by atoms with Gasteiger partial charge in [0.05, 0.1) is 16.1 Å². The third-order valence-corrected chi connectivity index (χ3v) is 8.33. The number of hydrogen-bond donors (Lipinski definition) is 1. The smallest absolute Gasteiger partial charge is 0.287 e. The molecule has 1 fully saturated rings. The van der Waals surface area contributed by atoms with Crippen molar-refractivity contribution >= 4 is 44.8 Å². The minimum atomic E-state index is -3.75. The maximum Gasteiger partial charge on any atom is 0.287 e. The van der Waals surface area contributed by atoms with Crippen LogP contribution in [0.15, 0.2) is 28.0 Å². The van der Waals surface area contributed by atoms with Gasteiger partial charge in [0, 0.05) is 25.3 Å². The summed E-state index contributed by atoms with van der Waals surface area (Å²) in [6, 6.07) is 3.30. The monoisotopic (exact) mass is 501 g/mol. The van der Waals surface area contributed by atoms with Crippen molar-refractivity contribution < 1.29 is 13.2 Å². The summed E-state index contributed by atoms with van der Waals surface area (Å²) in [4.78, 5) is 27.0. The molecule has 2 aromatic rings. The molecule has 0 bridgehead atoms. The zero-order valence-electron chi connectivity index (χ0n) is 18.1. The number of aromatic nitrogens is 2. The molecule has 9 nitrogen and oxygen atoms in total. The molecule has 0 atom stereocenters. The fourth-order valence-electron chi connectivity index (χ4n) is 3.64. The van der Waals surface area contributed by atoms with Gasteiger partial charge in [-0.05, 0) is 51.1 Å². The van der Waals surface area contributed by atoms with Crippen LogP contribution in [0.5, 0.6) is 0 Å². The average Bonchev–Trinajstić information content (AvgIpc) is 2.95. The van der Waals surface area contributed by atoms with Crippen LogP contribution in [0.1, 0.15) is 17.5 Å². The van der Waals surface area contributed by atoms with Crippen LogP contribution in [0.4, 0.5) is 5.69 Å². The van der Waals surface area contributed by atoms with Gasteiger partial charge >= 0.3 is 0 Å². The Kier molecular flexibility index (Phi) is 7.61. The summed E-state index contributed by atoms with van der Waals surface area (Å²) in [6.45, 7) is 5.32. The van der Waals surface area contributed by atoms with Crippen LogP contribution < -0.4 is 10.9 Å². The van der Waals surface area contributed by atoms with Crippen LogP contribution >= 0.6 is 23.2 Å². The Balaban J connectivity index is 1.87. The molecule has 1 aliphatic heterocycles. The SMILES string of the molecule is Cc1ccc(NC(=O)Cn2ncc(Cl)c(Cl)c2=O)c(C)c1S(=O)(=O)N1CCCN(C)CC1. The van der Waals surface area contributed by atoms with Crippen LogP contribution in [0.25, 0.3) is 0 Å². The number of halogens is 2. The Morgan fingerprint density at radius 3 is 2.59 bits per heavy atom. The lowest BCUT2D eigenvalue weighted by Crippen LogP contribution is -2.35. The number of rotatable bonds is 5. The number of benzene rings is 1. The molecule has 0 radical (unpaired) electrons. The number of nitrogens with one attached hydrogen (secondary N) is 1. The largest absolute Gasteiger partial charge is 0.324 e. The van der Waals surface area contributed by atoms with Gasteiger partial charge < -0.3 is 10.2 Å². The topological polar surface area (TPSA) is 105 Å². The van der Waals surface area contributed by atoms with Crippen molar-refractivity contribution in [2.24, 2.45) is 0 Å². The van der Waals surface area contributed by atoms with Crippen molar-refractivity contribution in [1.82, 2.24) is 19.0 Å². The van der Waals surface area contributed by atoms with Gasteiger partial charge in [-0.15, -0.1) is 0 Å². The molecular weight excluding hydrogens is 477 g/mol. The van der Waals surface area contributed by atoms with E-state index in [1.807, 2.05) is 7.05 Å². The Labute approximate surface area is 197 Å². The summed E-state index contributed by atoms with van der Waals surface area (Å²) >= 11 is 11.6. The molecule has 32 heavy (non-hydrogen) atoms. The summed E-state index contributed by atoms with van der Waals surface area (Å²) in [5, 5.41) is 6.26. The first-order valence-corrected chi connectivity index (χ1v) is 12.2. The summed E-state index contributed by atoms with van der Waals surface area (Å²) in [7, 11) is -1.78. The van der Waals surface area contributed by atoms with Gasteiger partial charge in [0.25, 0.3) is 5.56 Å². The molecule has 2 heterocycles. The highest BCUT2D eigenvalue weighted by atomic mass is 35.5. The number of amides is 1. The molecule has 0 aliphatic carbocycles. The van der Waals surface area contributed by atoms with E-state index < -0.39 is 28.0 Å². The van der Waals surface area contributed by atoms with Crippen LogP contribution in [0.2, 0.25) is 10.0 Å².